The van der Waals surface area contributed by atoms with Gasteiger partial charge in [-0.25, -0.2) is 0 Å². The monoisotopic (exact) mass is 262 g/mol. The molecule has 0 unspecified atom stereocenters. The maximum Gasteiger partial charge on any atom is 0.163 e. The van der Waals surface area contributed by atoms with Gasteiger partial charge >= 0.3 is 0 Å². The Labute approximate surface area is 89.7 Å². The quantitative estimate of drug-likeness (QED) is 0.789. The van der Waals surface area contributed by atoms with Gasteiger partial charge in [0.05, 0.1) is 10.0 Å². The molecule has 1 aromatic rings. The number of carbonyl (C=O) groups excluding carboxylic acids is 1. The highest BCUT2D eigenvalue weighted by atomic mass is 79.9. The average molecular weight is 264 g/mol. The number of benzene rings is 1. The van der Waals surface area contributed by atoms with E-state index in [1.54, 1.807) is 6.92 Å². The Bertz CT molecular complexity index is 374. The van der Waals surface area contributed by atoms with E-state index in [1.807, 2.05) is 0 Å². The molecule has 1 rings (SSSR count). The Balaban J connectivity index is 3.50. The van der Waals surface area contributed by atoms with Crippen LogP contribution in [0.5, 0.6) is 5.75 Å². The van der Waals surface area contributed by atoms with E-state index in [0.717, 1.165) is 5.56 Å². The van der Waals surface area contributed by atoms with Crippen molar-refractivity contribution in [2.24, 2.45) is 0 Å². The highest BCUT2D eigenvalue weighted by molar-refractivity contribution is 9.10. The Kier molecular flexibility index (Phi) is 2.98. The van der Waals surface area contributed by atoms with Gasteiger partial charge in [-0.05, 0) is 41.4 Å². The number of ketones is 1. The fourth-order valence-electron chi connectivity index (χ4n) is 0.972. The second-order valence-electron chi connectivity index (χ2n) is 2.75. The van der Waals surface area contributed by atoms with Crippen LogP contribution in [0.3, 0.4) is 0 Å². The SMILES string of the molecule is CC(=O)c1cc(Cl)c(C)c(Br)c1O. The van der Waals surface area contributed by atoms with Gasteiger partial charge in [0.1, 0.15) is 5.75 Å². The Morgan fingerprint density at radius 1 is 1.62 bits per heavy atom. The maximum absolute atomic E-state index is 11.0. The summed E-state index contributed by atoms with van der Waals surface area (Å²) >= 11 is 9.00. The molecule has 70 valence electrons. The molecule has 0 saturated heterocycles. The molecule has 13 heavy (non-hydrogen) atoms. The largest absolute Gasteiger partial charge is 0.506 e. The van der Waals surface area contributed by atoms with Crippen molar-refractivity contribution in [3.05, 3.63) is 26.7 Å². The molecule has 1 aromatic carbocycles. The van der Waals surface area contributed by atoms with E-state index in [2.05, 4.69) is 15.9 Å². The zero-order chi connectivity index (χ0) is 10.2. The lowest BCUT2D eigenvalue weighted by Crippen LogP contribution is -1.95. The maximum atomic E-state index is 11.0. The first-order valence-electron chi connectivity index (χ1n) is 3.63. The molecule has 0 radical (unpaired) electrons. The molecule has 0 heterocycles. The zero-order valence-electron chi connectivity index (χ0n) is 7.19. The molecule has 0 aliphatic heterocycles. The van der Waals surface area contributed by atoms with Crippen LogP contribution in [0.15, 0.2) is 10.5 Å². The van der Waals surface area contributed by atoms with Crippen LogP contribution in [0.1, 0.15) is 22.8 Å². The van der Waals surface area contributed by atoms with Crippen LogP contribution < -0.4 is 0 Å². The Morgan fingerprint density at radius 2 is 2.15 bits per heavy atom. The van der Waals surface area contributed by atoms with Crippen molar-refractivity contribution in [1.82, 2.24) is 0 Å². The predicted octanol–water partition coefficient (Wildman–Crippen LogP) is 3.32. The van der Waals surface area contributed by atoms with Gasteiger partial charge in [0.25, 0.3) is 0 Å². The van der Waals surface area contributed by atoms with Gasteiger partial charge in [0.2, 0.25) is 0 Å². The van der Waals surface area contributed by atoms with E-state index < -0.39 is 0 Å². The van der Waals surface area contributed by atoms with Crippen LogP contribution in [-0.4, -0.2) is 10.9 Å². The molecule has 4 heteroatoms. The molecule has 0 amide bonds. The summed E-state index contributed by atoms with van der Waals surface area (Å²) in [5, 5.41) is 10.0. The van der Waals surface area contributed by atoms with Crippen molar-refractivity contribution < 1.29 is 9.90 Å². The first-order valence-corrected chi connectivity index (χ1v) is 4.80. The first-order chi connectivity index (χ1) is 5.95. The van der Waals surface area contributed by atoms with E-state index in [1.165, 1.54) is 13.0 Å². The fraction of sp³-hybridized carbons (Fsp3) is 0.222. The molecule has 0 atom stereocenters. The smallest absolute Gasteiger partial charge is 0.163 e. The van der Waals surface area contributed by atoms with Crippen molar-refractivity contribution in [2.75, 3.05) is 0 Å². The third kappa shape index (κ3) is 1.86. The number of halogens is 2. The molecule has 1 N–H and O–H groups in total. The molecule has 0 spiro atoms. The lowest BCUT2D eigenvalue weighted by atomic mass is 10.1. The lowest BCUT2D eigenvalue weighted by Gasteiger charge is -2.07. The highest BCUT2D eigenvalue weighted by Gasteiger charge is 2.14. The van der Waals surface area contributed by atoms with E-state index >= 15 is 0 Å². The normalized spacial score (nSPS) is 10.2. The molecule has 0 bridgehead atoms. The number of rotatable bonds is 1. The Hall–Kier alpha value is -0.540. The summed E-state index contributed by atoms with van der Waals surface area (Å²) in [6, 6.07) is 1.47. The number of Topliss-reactive ketones (excluding diaryl/α,β-unsaturated/α-hetero) is 1. The van der Waals surface area contributed by atoms with Crippen molar-refractivity contribution >= 4 is 33.3 Å². The Morgan fingerprint density at radius 3 is 2.62 bits per heavy atom. The van der Waals surface area contributed by atoms with Gasteiger partial charge in [-0.2, -0.15) is 0 Å². The van der Waals surface area contributed by atoms with E-state index in [-0.39, 0.29) is 17.1 Å². The minimum Gasteiger partial charge on any atom is -0.506 e. The van der Waals surface area contributed by atoms with Crippen molar-refractivity contribution in [2.45, 2.75) is 13.8 Å². The van der Waals surface area contributed by atoms with Crippen LogP contribution in [-0.2, 0) is 0 Å². The van der Waals surface area contributed by atoms with Gasteiger partial charge in [-0.1, -0.05) is 11.6 Å². The summed E-state index contributed by atoms with van der Waals surface area (Å²) in [6.07, 6.45) is 0. The number of phenolic OH excluding ortho intramolecular Hbond substituents is 1. The molecule has 0 aromatic heterocycles. The summed E-state index contributed by atoms with van der Waals surface area (Å²) in [7, 11) is 0. The number of phenols is 1. The second kappa shape index (κ2) is 3.68. The van der Waals surface area contributed by atoms with Crippen LogP contribution in [0.25, 0.3) is 0 Å². The third-order valence-corrected chi connectivity index (χ3v) is 3.16. The van der Waals surface area contributed by atoms with Gasteiger partial charge < -0.3 is 5.11 Å². The molecule has 0 fully saturated rings. The first kappa shape index (κ1) is 10.5. The van der Waals surface area contributed by atoms with Crippen molar-refractivity contribution in [3.63, 3.8) is 0 Å². The summed E-state index contributed by atoms with van der Waals surface area (Å²) in [4.78, 5) is 11.0. The number of aromatic hydroxyl groups is 1. The second-order valence-corrected chi connectivity index (χ2v) is 3.95. The van der Waals surface area contributed by atoms with Gasteiger partial charge in [-0.15, -0.1) is 0 Å². The third-order valence-electron chi connectivity index (χ3n) is 1.80. The zero-order valence-corrected chi connectivity index (χ0v) is 9.53. The summed E-state index contributed by atoms with van der Waals surface area (Å²) in [5.41, 5.74) is 0.964. The molecular formula is C9H8BrClO2. The topological polar surface area (TPSA) is 37.3 Å². The molecule has 2 nitrogen and oxygen atoms in total. The van der Waals surface area contributed by atoms with Gasteiger partial charge in [0, 0.05) is 5.02 Å². The fourth-order valence-corrected chi connectivity index (χ4v) is 1.72. The van der Waals surface area contributed by atoms with Crippen LogP contribution in [0.2, 0.25) is 5.02 Å². The standard InChI is InChI=1S/C9H8BrClO2/c1-4-7(11)3-6(5(2)12)9(13)8(4)10/h3,13H,1-2H3. The van der Waals surface area contributed by atoms with E-state index in [4.69, 9.17) is 11.6 Å². The number of hydrogen-bond acceptors (Lipinski definition) is 2. The molecule has 0 saturated carbocycles. The number of hydrogen-bond donors (Lipinski definition) is 1. The van der Waals surface area contributed by atoms with Gasteiger partial charge in [0.15, 0.2) is 5.78 Å². The minimum atomic E-state index is -0.208. The van der Waals surface area contributed by atoms with Crippen LogP contribution >= 0.6 is 27.5 Å². The summed E-state index contributed by atoms with van der Waals surface area (Å²) in [5.74, 6) is -0.255. The van der Waals surface area contributed by atoms with Gasteiger partial charge in [-0.3, -0.25) is 4.79 Å². The molecule has 0 aliphatic carbocycles. The van der Waals surface area contributed by atoms with Crippen molar-refractivity contribution in [3.8, 4) is 5.75 Å². The van der Waals surface area contributed by atoms with Crippen LogP contribution in [0.4, 0.5) is 0 Å². The van der Waals surface area contributed by atoms with Crippen molar-refractivity contribution in [1.29, 1.82) is 0 Å². The van der Waals surface area contributed by atoms with E-state index in [9.17, 15) is 9.90 Å². The molecule has 0 aliphatic rings. The van der Waals surface area contributed by atoms with E-state index in [0.29, 0.717) is 9.50 Å². The highest BCUT2D eigenvalue weighted by Crippen LogP contribution is 2.35. The lowest BCUT2D eigenvalue weighted by molar-refractivity contribution is 0.101. The molecular weight excluding hydrogens is 255 g/mol. The number of carbonyl (C=O) groups is 1. The summed E-state index contributed by atoms with van der Waals surface area (Å²) < 4.78 is 0.477. The average Bonchev–Trinajstić information content (AvgIpc) is 2.07. The van der Waals surface area contributed by atoms with Crippen LogP contribution in [0, 0.1) is 6.92 Å². The summed E-state index contributed by atoms with van der Waals surface area (Å²) in [6.45, 7) is 3.14. The predicted molar refractivity (Wildman–Crippen MR) is 55.6 cm³/mol. The minimum absolute atomic E-state index is 0.0469.